The minimum absolute atomic E-state index is 0.442. The third-order valence-electron chi connectivity index (χ3n) is 3.89. The van der Waals surface area contributed by atoms with E-state index in [1.165, 1.54) is 13.2 Å². The molecular formula is C20H18N2O4. The molecule has 0 aliphatic rings. The summed E-state index contributed by atoms with van der Waals surface area (Å²) in [6, 6.07) is 17.9. The molecule has 2 aromatic carbocycles. The molecule has 0 saturated carbocycles. The van der Waals surface area contributed by atoms with Crippen LogP contribution >= 0.6 is 0 Å². The summed E-state index contributed by atoms with van der Waals surface area (Å²) in [6.07, 6.45) is 1.78. The van der Waals surface area contributed by atoms with Gasteiger partial charge in [0.1, 0.15) is 11.5 Å². The highest BCUT2D eigenvalue weighted by atomic mass is 16.5. The molecule has 0 radical (unpaired) electrons. The van der Waals surface area contributed by atoms with E-state index in [4.69, 9.17) is 9.47 Å². The molecule has 0 bridgehead atoms. The Bertz CT molecular complexity index is 1110. The summed E-state index contributed by atoms with van der Waals surface area (Å²) in [5.41, 5.74) is 0.958. The summed E-state index contributed by atoms with van der Waals surface area (Å²) < 4.78 is 10.7. The lowest BCUT2D eigenvalue weighted by Gasteiger charge is -2.04. The molecule has 2 heterocycles. The number of benzene rings is 2. The third kappa shape index (κ3) is 3.59. The zero-order chi connectivity index (χ0) is 18.5. The van der Waals surface area contributed by atoms with Gasteiger partial charge in [-0.25, -0.2) is 0 Å². The predicted octanol–water partition coefficient (Wildman–Crippen LogP) is 3.49. The van der Waals surface area contributed by atoms with Gasteiger partial charge in [0, 0.05) is 35.2 Å². The Morgan fingerprint density at radius 3 is 2.27 bits per heavy atom. The van der Waals surface area contributed by atoms with Gasteiger partial charge in [0.05, 0.1) is 25.3 Å². The van der Waals surface area contributed by atoms with Crippen LogP contribution in [0.3, 0.4) is 0 Å². The van der Waals surface area contributed by atoms with Gasteiger partial charge in [-0.05, 0) is 36.4 Å². The van der Waals surface area contributed by atoms with Crippen LogP contribution in [0.1, 0.15) is 0 Å². The Kier molecular flexibility index (Phi) is 5.03. The fraction of sp³-hybridized carbons (Fsp3) is 0.100. The lowest BCUT2D eigenvalue weighted by Crippen LogP contribution is -2.16. The van der Waals surface area contributed by atoms with Gasteiger partial charge < -0.3 is 14.7 Å². The molecule has 0 amide bonds. The summed E-state index contributed by atoms with van der Waals surface area (Å²) in [5, 5.41) is 11.3. The Balaban J connectivity index is 0.000000152. The van der Waals surface area contributed by atoms with Gasteiger partial charge in [-0.3, -0.25) is 9.78 Å². The molecule has 0 aliphatic heterocycles. The highest BCUT2D eigenvalue weighted by Gasteiger charge is 2.02. The second kappa shape index (κ2) is 7.57. The highest BCUT2D eigenvalue weighted by molar-refractivity contribution is 5.80. The van der Waals surface area contributed by atoms with Gasteiger partial charge in [0.2, 0.25) is 0 Å². The Morgan fingerprint density at radius 1 is 0.885 bits per heavy atom. The first-order chi connectivity index (χ1) is 12.6. The molecule has 0 spiro atoms. The van der Waals surface area contributed by atoms with Crippen molar-refractivity contribution in [2.75, 3.05) is 14.2 Å². The normalized spacial score (nSPS) is 10.2. The van der Waals surface area contributed by atoms with Crippen LogP contribution in [-0.4, -0.2) is 29.1 Å². The molecule has 6 heteroatoms. The van der Waals surface area contributed by atoms with E-state index in [1.54, 1.807) is 37.6 Å². The first-order valence-corrected chi connectivity index (χ1v) is 7.90. The van der Waals surface area contributed by atoms with Crippen molar-refractivity contribution in [3.05, 3.63) is 77.2 Å². The van der Waals surface area contributed by atoms with E-state index in [9.17, 15) is 10.0 Å². The topological polar surface area (TPSA) is 73.6 Å². The standard InChI is InChI=1S/C10H9NO3.C10H9NO/c1-14-8-4-2-7-3-5-10(12)11(13)9(7)6-8;1-12-9-5-4-8-3-2-6-11-10(8)7-9/h2-6,13H,1H3;2-7H,1H3. The number of hydrogen-bond acceptors (Lipinski definition) is 5. The maximum absolute atomic E-state index is 11.1. The third-order valence-corrected chi connectivity index (χ3v) is 3.89. The fourth-order valence-corrected chi connectivity index (χ4v) is 2.50. The van der Waals surface area contributed by atoms with Crippen molar-refractivity contribution in [3.8, 4) is 11.5 Å². The molecule has 4 aromatic rings. The monoisotopic (exact) mass is 350 g/mol. The quantitative estimate of drug-likeness (QED) is 0.560. The molecule has 0 saturated heterocycles. The van der Waals surface area contributed by atoms with Gasteiger partial charge in [-0.1, -0.05) is 6.07 Å². The number of ether oxygens (including phenoxy) is 2. The molecular weight excluding hydrogens is 332 g/mol. The molecule has 4 rings (SSSR count). The maximum Gasteiger partial charge on any atom is 0.283 e. The zero-order valence-electron chi connectivity index (χ0n) is 14.4. The smallest absolute Gasteiger partial charge is 0.283 e. The molecule has 6 nitrogen and oxygen atoms in total. The average Bonchev–Trinajstić information content (AvgIpc) is 2.70. The molecule has 1 N–H and O–H groups in total. The second-order valence-electron chi connectivity index (χ2n) is 5.47. The van der Waals surface area contributed by atoms with Crippen LogP contribution in [0.25, 0.3) is 21.8 Å². The first kappa shape index (κ1) is 17.3. The van der Waals surface area contributed by atoms with E-state index >= 15 is 0 Å². The van der Waals surface area contributed by atoms with E-state index < -0.39 is 5.56 Å². The fourth-order valence-electron chi connectivity index (χ4n) is 2.50. The second-order valence-corrected chi connectivity index (χ2v) is 5.47. The number of nitrogens with zero attached hydrogens (tertiary/aromatic N) is 2. The number of aromatic nitrogens is 2. The molecule has 0 aliphatic carbocycles. The van der Waals surface area contributed by atoms with Crippen molar-refractivity contribution >= 4 is 21.8 Å². The molecule has 26 heavy (non-hydrogen) atoms. The summed E-state index contributed by atoms with van der Waals surface area (Å²) in [7, 11) is 3.19. The van der Waals surface area contributed by atoms with Crippen LogP contribution in [-0.2, 0) is 0 Å². The number of fused-ring (bicyclic) bond motifs is 2. The summed E-state index contributed by atoms with van der Waals surface area (Å²) in [6.45, 7) is 0. The van der Waals surface area contributed by atoms with Crippen molar-refractivity contribution in [1.82, 2.24) is 9.71 Å². The van der Waals surface area contributed by atoms with E-state index in [2.05, 4.69) is 4.98 Å². The van der Waals surface area contributed by atoms with E-state index in [1.807, 2.05) is 30.3 Å². The van der Waals surface area contributed by atoms with Gasteiger partial charge in [-0.15, -0.1) is 4.73 Å². The molecule has 132 valence electrons. The first-order valence-electron chi connectivity index (χ1n) is 7.90. The van der Waals surface area contributed by atoms with E-state index in [0.29, 0.717) is 16.0 Å². The molecule has 0 fully saturated rings. The SMILES string of the molecule is COc1ccc2ccc(=O)n(O)c2c1.COc1ccc2cccnc2c1. The lowest BCUT2D eigenvalue weighted by atomic mass is 10.2. The van der Waals surface area contributed by atoms with Crippen LogP contribution in [0, 0.1) is 0 Å². The zero-order valence-corrected chi connectivity index (χ0v) is 14.4. The van der Waals surface area contributed by atoms with Crippen LogP contribution in [0.5, 0.6) is 11.5 Å². The van der Waals surface area contributed by atoms with E-state index in [-0.39, 0.29) is 0 Å². The Morgan fingerprint density at radius 2 is 1.54 bits per heavy atom. The van der Waals surface area contributed by atoms with Crippen LogP contribution in [0.15, 0.2) is 71.7 Å². The minimum Gasteiger partial charge on any atom is -0.497 e. The number of hydrogen-bond donors (Lipinski definition) is 1. The predicted molar refractivity (Wildman–Crippen MR) is 100 cm³/mol. The summed E-state index contributed by atoms with van der Waals surface area (Å²) in [5.74, 6) is 1.45. The lowest BCUT2D eigenvalue weighted by molar-refractivity contribution is 0.188. The van der Waals surface area contributed by atoms with Gasteiger partial charge >= 0.3 is 0 Å². The largest absolute Gasteiger partial charge is 0.497 e. The van der Waals surface area contributed by atoms with Gasteiger partial charge in [0.15, 0.2) is 0 Å². The van der Waals surface area contributed by atoms with Gasteiger partial charge in [-0.2, -0.15) is 0 Å². The Hall–Kier alpha value is -3.54. The van der Waals surface area contributed by atoms with Crippen molar-refractivity contribution in [1.29, 1.82) is 0 Å². The van der Waals surface area contributed by atoms with Crippen molar-refractivity contribution in [3.63, 3.8) is 0 Å². The maximum atomic E-state index is 11.1. The van der Waals surface area contributed by atoms with Crippen LogP contribution in [0.2, 0.25) is 0 Å². The van der Waals surface area contributed by atoms with Crippen molar-refractivity contribution in [2.45, 2.75) is 0 Å². The van der Waals surface area contributed by atoms with Crippen molar-refractivity contribution < 1.29 is 14.7 Å². The number of methoxy groups -OCH3 is 2. The number of rotatable bonds is 2. The Labute approximate surface area is 149 Å². The number of pyridine rings is 2. The summed E-state index contributed by atoms with van der Waals surface area (Å²) >= 11 is 0. The van der Waals surface area contributed by atoms with Gasteiger partial charge in [0.25, 0.3) is 5.56 Å². The van der Waals surface area contributed by atoms with Crippen molar-refractivity contribution in [2.24, 2.45) is 0 Å². The van der Waals surface area contributed by atoms with Crippen LogP contribution < -0.4 is 15.0 Å². The van der Waals surface area contributed by atoms with E-state index in [0.717, 1.165) is 22.0 Å². The average molecular weight is 350 g/mol. The summed E-state index contributed by atoms with van der Waals surface area (Å²) in [4.78, 5) is 15.3. The highest BCUT2D eigenvalue weighted by Crippen LogP contribution is 2.19. The minimum atomic E-state index is -0.453. The molecule has 0 atom stereocenters. The molecule has 0 unspecified atom stereocenters. The van der Waals surface area contributed by atoms with Crippen LogP contribution in [0.4, 0.5) is 0 Å². The molecule has 2 aromatic heterocycles.